The second kappa shape index (κ2) is 15.0. The predicted molar refractivity (Wildman–Crippen MR) is 290 cm³/mol. The van der Waals surface area contributed by atoms with Crippen LogP contribution in [0.2, 0.25) is 0 Å². The second-order valence-electron chi connectivity index (χ2n) is 18.2. The standard InChI is InChI=1S/C64H40N6/c1-2-16-41(17-3-1)42-30-32-43(33-31-42)64-65-62(69-58-28-14-8-22-50(58)52-38-44(34-36-60(52)69)67-54-24-10-4-18-46(54)47-19-5-11-25-55(47)67)40-63(66-64)70-59-29-15-9-23-51(59)53-39-45(35-37-61(53)70)68-56-26-12-6-20-48(56)49-21-7-13-27-57(49)68/h1-40H. The summed E-state index contributed by atoms with van der Waals surface area (Å²) in [5.41, 5.74) is 14.5. The van der Waals surface area contributed by atoms with E-state index in [9.17, 15) is 0 Å². The maximum Gasteiger partial charge on any atom is 0.163 e. The minimum atomic E-state index is 0.646. The molecule has 15 rings (SSSR count). The molecule has 0 N–H and O–H groups in total. The van der Waals surface area contributed by atoms with E-state index in [2.05, 4.69) is 261 Å². The van der Waals surface area contributed by atoms with Crippen LogP contribution >= 0.6 is 0 Å². The molecule has 70 heavy (non-hydrogen) atoms. The quantitative estimate of drug-likeness (QED) is 0.167. The zero-order chi connectivity index (χ0) is 45.9. The molecule has 0 fully saturated rings. The molecule has 0 atom stereocenters. The molecule has 0 radical (unpaired) electrons. The normalized spacial score (nSPS) is 12.0. The topological polar surface area (TPSA) is 45.5 Å². The third-order valence-corrected chi connectivity index (χ3v) is 14.4. The van der Waals surface area contributed by atoms with Gasteiger partial charge >= 0.3 is 0 Å². The van der Waals surface area contributed by atoms with E-state index in [1.165, 1.54) is 49.2 Å². The van der Waals surface area contributed by atoms with Gasteiger partial charge < -0.3 is 9.13 Å². The van der Waals surface area contributed by atoms with Crippen LogP contribution in [-0.4, -0.2) is 28.2 Å². The maximum absolute atomic E-state index is 5.51. The van der Waals surface area contributed by atoms with Gasteiger partial charge in [-0.1, -0.05) is 164 Å². The summed E-state index contributed by atoms with van der Waals surface area (Å²) in [6.07, 6.45) is 0. The zero-order valence-electron chi connectivity index (χ0n) is 37.8. The molecule has 0 amide bonds. The highest BCUT2D eigenvalue weighted by atomic mass is 15.1. The molecule has 5 aromatic heterocycles. The summed E-state index contributed by atoms with van der Waals surface area (Å²) in [6, 6.07) is 87.3. The van der Waals surface area contributed by atoms with E-state index < -0.39 is 0 Å². The van der Waals surface area contributed by atoms with Crippen molar-refractivity contribution in [2.45, 2.75) is 0 Å². The summed E-state index contributed by atoms with van der Waals surface area (Å²) in [5, 5.41) is 9.58. The van der Waals surface area contributed by atoms with Crippen molar-refractivity contribution >= 4 is 87.2 Å². The van der Waals surface area contributed by atoms with Crippen LogP contribution in [0, 0.1) is 0 Å². The molecule has 15 aromatic rings. The number of aromatic nitrogens is 6. The van der Waals surface area contributed by atoms with Gasteiger partial charge in [-0.2, -0.15) is 0 Å². The number of para-hydroxylation sites is 6. The number of benzene rings is 10. The van der Waals surface area contributed by atoms with Gasteiger partial charge in [-0.05, 0) is 83.9 Å². The first-order valence-electron chi connectivity index (χ1n) is 23.8. The van der Waals surface area contributed by atoms with Crippen molar-refractivity contribution in [3.05, 3.63) is 243 Å². The number of hydrogen-bond donors (Lipinski definition) is 0. The lowest BCUT2D eigenvalue weighted by atomic mass is 10.0. The van der Waals surface area contributed by atoms with Gasteiger partial charge in [0.1, 0.15) is 11.6 Å². The first-order valence-corrected chi connectivity index (χ1v) is 23.8. The lowest BCUT2D eigenvalue weighted by Gasteiger charge is -2.15. The number of hydrogen-bond acceptors (Lipinski definition) is 2. The van der Waals surface area contributed by atoms with Crippen molar-refractivity contribution in [1.29, 1.82) is 0 Å². The molecule has 0 saturated carbocycles. The van der Waals surface area contributed by atoms with Crippen LogP contribution in [0.3, 0.4) is 0 Å². The molecule has 0 spiro atoms. The highest BCUT2D eigenvalue weighted by Crippen LogP contribution is 2.40. The molecule has 326 valence electrons. The van der Waals surface area contributed by atoms with Crippen LogP contribution in [0.4, 0.5) is 0 Å². The van der Waals surface area contributed by atoms with Gasteiger partial charge in [-0.15, -0.1) is 0 Å². The molecule has 0 aliphatic heterocycles. The molecule has 0 aliphatic rings. The molecule has 6 heteroatoms. The fourth-order valence-electron chi connectivity index (χ4n) is 11.3. The van der Waals surface area contributed by atoms with Crippen molar-refractivity contribution in [2.24, 2.45) is 0 Å². The lowest BCUT2D eigenvalue weighted by Crippen LogP contribution is -2.06. The first-order chi connectivity index (χ1) is 34.7. The molecular formula is C64H40N6. The van der Waals surface area contributed by atoms with Gasteiger partial charge in [-0.3, -0.25) is 9.13 Å². The largest absolute Gasteiger partial charge is 0.309 e. The summed E-state index contributed by atoms with van der Waals surface area (Å²) >= 11 is 0. The minimum Gasteiger partial charge on any atom is -0.309 e. The average Bonchev–Trinajstić information content (AvgIpc) is 4.16. The Morgan fingerprint density at radius 1 is 0.214 bits per heavy atom. The minimum absolute atomic E-state index is 0.646. The lowest BCUT2D eigenvalue weighted by molar-refractivity contribution is 0.993. The number of fused-ring (bicyclic) bond motifs is 12. The molecule has 0 unspecified atom stereocenters. The Bertz CT molecular complexity index is 4230. The van der Waals surface area contributed by atoms with Crippen molar-refractivity contribution < 1.29 is 0 Å². The van der Waals surface area contributed by atoms with Gasteiger partial charge in [0.2, 0.25) is 0 Å². The van der Waals surface area contributed by atoms with E-state index in [0.717, 1.165) is 77.7 Å². The van der Waals surface area contributed by atoms with Crippen molar-refractivity contribution in [2.75, 3.05) is 0 Å². The Labute approximate surface area is 401 Å². The van der Waals surface area contributed by atoms with Crippen LogP contribution in [0.15, 0.2) is 243 Å². The van der Waals surface area contributed by atoms with Crippen LogP contribution in [-0.2, 0) is 0 Å². The van der Waals surface area contributed by atoms with E-state index in [1.54, 1.807) is 0 Å². The van der Waals surface area contributed by atoms with E-state index >= 15 is 0 Å². The third kappa shape index (κ3) is 5.68. The maximum atomic E-state index is 5.51. The fourth-order valence-corrected chi connectivity index (χ4v) is 11.3. The molecule has 10 aromatic carbocycles. The van der Waals surface area contributed by atoms with E-state index in [4.69, 9.17) is 9.97 Å². The molecule has 5 heterocycles. The van der Waals surface area contributed by atoms with Gasteiger partial charge in [0.05, 0.1) is 44.1 Å². The highest BCUT2D eigenvalue weighted by Gasteiger charge is 2.22. The van der Waals surface area contributed by atoms with Gasteiger partial charge in [0.25, 0.3) is 0 Å². The van der Waals surface area contributed by atoms with Gasteiger partial charge in [-0.25, -0.2) is 9.97 Å². The summed E-state index contributed by atoms with van der Waals surface area (Å²) in [7, 11) is 0. The molecule has 0 aliphatic carbocycles. The molecular weight excluding hydrogens is 853 g/mol. The van der Waals surface area contributed by atoms with E-state index in [0.29, 0.717) is 5.82 Å². The van der Waals surface area contributed by atoms with Crippen LogP contribution in [0.1, 0.15) is 0 Å². The molecule has 6 nitrogen and oxygen atoms in total. The van der Waals surface area contributed by atoms with Crippen molar-refractivity contribution in [1.82, 2.24) is 28.2 Å². The van der Waals surface area contributed by atoms with Crippen LogP contribution in [0.25, 0.3) is 133 Å². The van der Waals surface area contributed by atoms with E-state index in [1.807, 2.05) is 0 Å². The summed E-state index contributed by atoms with van der Waals surface area (Å²) in [5.74, 6) is 2.22. The van der Waals surface area contributed by atoms with Crippen molar-refractivity contribution in [3.63, 3.8) is 0 Å². The first kappa shape index (κ1) is 38.6. The smallest absolute Gasteiger partial charge is 0.163 e. The molecule has 0 bridgehead atoms. The Morgan fingerprint density at radius 3 is 0.914 bits per heavy atom. The Kier molecular flexibility index (Phi) is 8.26. The summed E-state index contributed by atoms with van der Waals surface area (Å²) in [4.78, 5) is 11.0. The summed E-state index contributed by atoms with van der Waals surface area (Å²) < 4.78 is 9.43. The molecule has 0 saturated heterocycles. The van der Waals surface area contributed by atoms with Gasteiger partial charge in [0.15, 0.2) is 5.82 Å². The fraction of sp³-hybridized carbons (Fsp3) is 0. The van der Waals surface area contributed by atoms with Crippen LogP contribution in [0.5, 0.6) is 0 Å². The summed E-state index contributed by atoms with van der Waals surface area (Å²) in [6.45, 7) is 0. The Morgan fingerprint density at radius 2 is 0.514 bits per heavy atom. The SMILES string of the molecule is c1ccc(-c2ccc(-c3nc(-n4c5ccccc5c5cc(-n6c7ccccc7c7ccccc76)ccc54)cc(-n4c5ccccc5c5cc(-n6c7ccccc7c7ccccc76)ccc54)n3)cc2)cc1. The van der Waals surface area contributed by atoms with E-state index in [-0.39, 0.29) is 0 Å². The number of nitrogens with zero attached hydrogens (tertiary/aromatic N) is 6. The second-order valence-corrected chi connectivity index (χ2v) is 18.2. The zero-order valence-corrected chi connectivity index (χ0v) is 37.8. The van der Waals surface area contributed by atoms with Crippen molar-refractivity contribution in [3.8, 4) is 45.5 Å². The Balaban J connectivity index is 0.970. The monoisotopic (exact) mass is 892 g/mol. The third-order valence-electron chi connectivity index (χ3n) is 14.4. The Hall–Kier alpha value is -9.52. The average molecular weight is 893 g/mol. The van der Waals surface area contributed by atoms with Gasteiger partial charge in [0, 0.05) is 66.1 Å². The highest BCUT2D eigenvalue weighted by molar-refractivity contribution is 6.14. The number of rotatable bonds is 6. The van der Waals surface area contributed by atoms with Crippen LogP contribution < -0.4 is 0 Å². The predicted octanol–water partition coefficient (Wildman–Crippen LogP) is 16.2.